The zero-order valence-corrected chi connectivity index (χ0v) is 11.4. The molecule has 0 atom stereocenters. The van der Waals surface area contributed by atoms with E-state index in [0.717, 1.165) is 22.9 Å². The predicted octanol–water partition coefficient (Wildman–Crippen LogP) is 2.79. The number of aromatic amines is 1. The molecule has 2 N–H and O–H groups in total. The summed E-state index contributed by atoms with van der Waals surface area (Å²) in [7, 11) is 0. The average molecular weight is 312 g/mol. The number of thiophene rings is 1. The van der Waals surface area contributed by atoms with Crippen LogP contribution in [0.5, 0.6) is 5.75 Å². The molecule has 8 heteroatoms. The summed E-state index contributed by atoms with van der Waals surface area (Å²) in [5.41, 5.74) is -0.606. The summed E-state index contributed by atoms with van der Waals surface area (Å²) in [5.74, 6) is -0.514. The van der Waals surface area contributed by atoms with Gasteiger partial charge in [-0.05, 0) is 24.3 Å². The lowest BCUT2D eigenvalue weighted by molar-refractivity contribution is 0.467. The van der Waals surface area contributed by atoms with Gasteiger partial charge in [0, 0.05) is 6.07 Å². The van der Waals surface area contributed by atoms with Crippen molar-refractivity contribution in [1.29, 1.82) is 0 Å². The molecule has 0 bridgehead atoms. The molecule has 3 aromatic rings. The molecule has 3 rings (SSSR count). The van der Waals surface area contributed by atoms with Crippen LogP contribution in [0.3, 0.4) is 0 Å². The van der Waals surface area contributed by atoms with Crippen LogP contribution in [0.2, 0.25) is 4.34 Å². The Bertz CT molecular complexity index is 839. The Hall–Kier alpha value is -2.12. The molecule has 0 radical (unpaired) electrons. The van der Waals surface area contributed by atoms with Gasteiger partial charge >= 0.3 is 5.69 Å². The van der Waals surface area contributed by atoms with Gasteiger partial charge in [-0.15, -0.1) is 16.4 Å². The SMILES string of the molecule is O=c1[nH]c(-c2ccc(Cl)s2)nn1-c1cc(F)ccc1O. The van der Waals surface area contributed by atoms with E-state index in [1.54, 1.807) is 12.1 Å². The topological polar surface area (TPSA) is 70.9 Å². The minimum Gasteiger partial charge on any atom is -0.506 e. The van der Waals surface area contributed by atoms with Crippen LogP contribution in [0.15, 0.2) is 35.1 Å². The summed E-state index contributed by atoms with van der Waals surface area (Å²) in [5, 5.41) is 13.7. The second-order valence-corrected chi connectivity index (χ2v) is 5.64. The van der Waals surface area contributed by atoms with Gasteiger partial charge in [-0.1, -0.05) is 11.6 Å². The third kappa shape index (κ3) is 2.21. The Labute approximate surface area is 120 Å². The number of aromatic nitrogens is 3. The van der Waals surface area contributed by atoms with Crippen molar-refractivity contribution in [3.05, 3.63) is 51.0 Å². The summed E-state index contributed by atoms with van der Waals surface area (Å²) in [6, 6.07) is 6.67. The van der Waals surface area contributed by atoms with Crippen molar-refractivity contribution in [2.45, 2.75) is 0 Å². The number of nitrogens with zero attached hydrogens (tertiary/aromatic N) is 2. The first kappa shape index (κ1) is 12.9. The molecule has 20 heavy (non-hydrogen) atoms. The number of nitrogens with one attached hydrogen (secondary N) is 1. The van der Waals surface area contributed by atoms with Crippen LogP contribution in [0.4, 0.5) is 4.39 Å². The third-order valence-electron chi connectivity index (χ3n) is 2.59. The third-order valence-corrected chi connectivity index (χ3v) is 3.83. The number of hydrogen-bond acceptors (Lipinski definition) is 4. The Morgan fingerprint density at radius 1 is 1.35 bits per heavy atom. The van der Waals surface area contributed by atoms with Gasteiger partial charge in [0.15, 0.2) is 5.82 Å². The van der Waals surface area contributed by atoms with Crippen molar-refractivity contribution < 1.29 is 9.50 Å². The van der Waals surface area contributed by atoms with Crippen LogP contribution >= 0.6 is 22.9 Å². The number of rotatable bonds is 2. The predicted molar refractivity (Wildman–Crippen MR) is 74.1 cm³/mol. The van der Waals surface area contributed by atoms with E-state index in [4.69, 9.17) is 11.6 Å². The van der Waals surface area contributed by atoms with Gasteiger partial charge in [-0.3, -0.25) is 4.98 Å². The number of phenols is 1. The fourth-order valence-electron chi connectivity index (χ4n) is 1.71. The van der Waals surface area contributed by atoms with Crippen LogP contribution in [0, 0.1) is 5.82 Å². The van der Waals surface area contributed by atoms with Crippen molar-refractivity contribution in [1.82, 2.24) is 14.8 Å². The maximum Gasteiger partial charge on any atom is 0.348 e. The van der Waals surface area contributed by atoms with Crippen molar-refractivity contribution in [3.8, 4) is 22.1 Å². The first-order chi connectivity index (χ1) is 9.54. The van der Waals surface area contributed by atoms with E-state index < -0.39 is 11.5 Å². The Balaban J connectivity index is 2.14. The zero-order chi connectivity index (χ0) is 14.3. The van der Waals surface area contributed by atoms with E-state index in [-0.39, 0.29) is 11.4 Å². The van der Waals surface area contributed by atoms with Gasteiger partial charge in [0.05, 0.1) is 9.21 Å². The number of halogens is 2. The molecule has 2 heterocycles. The minimum atomic E-state index is -0.578. The van der Waals surface area contributed by atoms with Crippen LogP contribution in [0.25, 0.3) is 16.4 Å². The molecular formula is C12H7ClFN3O2S. The molecule has 2 aromatic heterocycles. The number of phenolic OH excluding ortho intramolecular Hbond substituents is 1. The highest BCUT2D eigenvalue weighted by Gasteiger charge is 2.14. The smallest absolute Gasteiger partial charge is 0.348 e. The summed E-state index contributed by atoms with van der Waals surface area (Å²) >= 11 is 7.07. The zero-order valence-electron chi connectivity index (χ0n) is 9.80. The van der Waals surface area contributed by atoms with Gasteiger partial charge < -0.3 is 5.11 Å². The van der Waals surface area contributed by atoms with Crippen LogP contribution in [-0.2, 0) is 0 Å². The summed E-state index contributed by atoms with van der Waals surface area (Å²) in [4.78, 5) is 15.1. The monoisotopic (exact) mass is 311 g/mol. The maximum absolute atomic E-state index is 13.2. The van der Waals surface area contributed by atoms with Crippen LogP contribution in [-0.4, -0.2) is 19.9 Å². The van der Waals surface area contributed by atoms with Crippen molar-refractivity contribution >= 4 is 22.9 Å². The van der Waals surface area contributed by atoms with E-state index in [2.05, 4.69) is 10.1 Å². The average Bonchev–Trinajstić information content (AvgIpc) is 2.99. The molecule has 0 unspecified atom stereocenters. The molecule has 5 nitrogen and oxygen atoms in total. The molecule has 0 amide bonds. The first-order valence-corrected chi connectivity index (χ1v) is 6.68. The van der Waals surface area contributed by atoms with Gasteiger partial charge in [0.25, 0.3) is 0 Å². The molecular weight excluding hydrogens is 305 g/mol. The molecule has 102 valence electrons. The normalized spacial score (nSPS) is 10.9. The first-order valence-electron chi connectivity index (χ1n) is 5.48. The molecule has 0 fully saturated rings. The van der Waals surface area contributed by atoms with Crippen LogP contribution < -0.4 is 5.69 Å². The second kappa shape index (κ2) is 4.77. The lowest BCUT2D eigenvalue weighted by atomic mass is 10.3. The van der Waals surface area contributed by atoms with Crippen LogP contribution in [0.1, 0.15) is 0 Å². The lowest BCUT2D eigenvalue weighted by Gasteiger charge is -2.02. The molecule has 1 aromatic carbocycles. The minimum absolute atomic E-state index is 0.0276. The number of hydrogen-bond donors (Lipinski definition) is 2. The van der Waals surface area contributed by atoms with Gasteiger partial charge in [0.1, 0.15) is 17.3 Å². The lowest BCUT2D eigenvalue weighted by Crippen LogP contribution is -2.16. The van der Waals surface area contributed by atoms with Crippen molar-refractivity contribution in [2.24, 2.45) is 0 Å². The van der Waals surface area contributed by atoms with Gasteiger partial charge in [-0.2, -0.15) is 4.68 Å². The highest BCUT2D eigenvalue weighted by atomic mass is 35.5. The molecule has 0 saturated heterocycles. The van der Waals surface area contributed by atoms with E-state index in [1.807, 2.05) is 0 Å². The molecule has 0 saturated carbocycles. The van der Waals surface area contributed by atoms with E-state index in [0.29, 0.717) is 15.0 Å². The maximum atomic E-state index is 13.2. The highest BCUT2D eigenvalue weighted by Crippen LogP contribution is 2.28. The second-order valence-electron chi connectivity index (χ2n) is 3.93. The van der Waals surface area contributed by atoms with Gasteiger partial charge in [0.2, 0.25) is 0 Å². The largest absolute Gasteiger partial charge is 0.506 e. The fraction of sp³-hybridized carbons (Fsp3) is 0. The standard InChI is InChI=1S/C12H7ClFN3O2S/c13-10-4-3-9(20-10)11-15-12(19)17(16-11)7-5-6(14)1-2-8(7)18/h1-5,18H,(H,15,16,19). The summed E-state index contributed by atoms with van der Waals surface area (Å²) in [6.45, 7) is 0. The molecule has 0 aliphatic carbocycles. The van der Waals surface area contributed by atoms with Gasteiger partial charge in [-0.25, -0.2) is 9.18 Å². The highest BCUT2D eigenvalue weighted by molar-refractivity contribution is 7.19. The molecule has 0 aliphatic rings. The Kier molecular flexibility index (Phi) is 3.07. The fourth-order valence-corrected chi connectivity index (χ4v) is 2.69. The Morgan fingerprint density at radius 3 is 2.85 bits per heavy atom. The van der Waals surface area contributed by atoms with E-state index in [9.17, 15) is 14.3 Å². The van der Waals surface area contributed by atoms with Crippen molar-refractivity contribution in [3.63, 3.8) is 0 Å². The number of H-pyrrole nitrogens is 1. The summed E-state index contributed by atoms with van der Waals surface area (Å²) in [6.07, 6.45) is 0. The van der Waals surface area contributed by atoms with E-state index >= 15 is 0 Å². The Morgan fingerprint density at radius 2 is 2.15 bits per heavy atom. The number of aromatic hydroxyl groups is 1. The molecule has 0 spiro atoms. The molecule has 0 aliphatic heterocycles. The van der Waals surface area contributed by atoms with Crippen molar-refractivity contribution in [2.75, 3.05) is 0 Å². The van der Waals surface area contributed by atoms with E-state index in [1.165, 1.54) is 11.3 Å². The number of benzene rings is 1. The quantitative estimate of drug-likeness (QED) is 0.764. The summed E-state index contributed by atoms with van der Waals surface area (Å²) < 4.78 is 14.7.